The number of fused-ring (bicyclic) bond motifs is 1. The Balaban J connectivity index is 2.14. The van der Waals surface area contributed by atoms with Crippen molar-refractivity contribution >= 4 is 22.5 Å². The van der Waals surface area contributed by atoms with Crippen molar-refractivity contribution in [3.05, 3.63) is 29.3 Å². The lowest BCUT2D eigenvalue weighted by atomic mass is 9.99. The number of unbranched alkanes of at least 4 members (excludes halogenated alkanes) is 2. The molecule has 0 fully saturated rings. The number of halogens is 1. The van der Waals surface area contributed by atoms with Crippen molar-refractivity contribution in [1.29, 1.82) is 0 Å². The summed E-state index contributed by atoms with van der Waals surface area (Å²) in [6.07, 6.45) is 5.99. The molecule has 0 saturated carbocycles. The molecule has 0 aromatic heterocycles. The van der Waals surface area contributed by atoms with Crippen LogP contribution in [-0.2, 0) is 6.42 Å². The fourth-order valence-electron chi connectivity index (χ4n) is 2.58. The summed E-state index contributed by atoms with van der Waals surface area (Å²) in [5.74, 6) is 0. The molecule has 0 spiro atoms. The van der Waals surface area contributed by atoms with Crippen molar-refractivity contribution in [2.75, 3.05) is 18.0 Å². The van der Waals surface area contributed by atoms with Gasteiger partial charge in [0.15, 0.2) is 0 Å². The van der Waals surface area contributed by atoms with Gasteiger partial charge in [-0.15, -0.1) is 0 Å². The van der Waals surface area contributed by atoms with Gasteiger partial charge in [0.25, 0.3) is 5.24 Å². The third-order valence-corrected chi connectivity index (χ3v) is 3.77. The van der Waals surface area contributed by atoms with Crippen LogP contribution in [0.5, 0.6) is 0 Å². The van der Waals surface area contributed by atoms with E-state index in [2.05, 4.69) is 17.9 Å². The number of hydrogen-bond acceptors (Lipinski definition) is 2. The van der Waals surface area contributed by atoms with Crippen LogP contribution in [0.2, 0.25) is 0 Å². The van der Waals surface area contributed by atoms with Crippen LogP contribution in [0.4, 0.5) is 5.69 Å². The maximum Gasteiger partial charge on any atom is 0.252 e. The van der Waals surface area contributed by atoms with Gasteiger partial charge in [-0.05, 0) is 54.6 Å². The topological polar surface area (TPSA) is 20.3 Å². The molecule has 1 aliphatic rings. The summed E-state index contributed by atoms with van der Waals surface area (Å²) in [4.78, 5) is 13.6. The third kappa shape index (κ3) is 3.05. The fourth-order valence-corrected chi connectivity index (χ4v) is 2.70. The highest BCUT2D eigenvalue weighted by atomic mass is 35.5. The monoisotopic (exact) mass is 265 g/mol. The van der Waals surface area contributed by atoms with Crippen LogP contribution in [0, 0.1) is 0 Å². The molecule has 0 unspecified atom stereocenters. The number of aryl methyl sites for hydroxylation is 1. The Bertz CT molecular complexity index is 431. The molecule has 2 rings (SSSR count). The molecular formula is C15H20ClNO. The summed E-state index contributed by atoms with van der Waals surface area (Å²) in [7, 11) is 0. The molecule has 1 aliphatic heterocycles. The lowest BCUT2D eigenvalue weighted by Crippen LogP contribution is -2.30. The Labute approximate surface area is 114 Å². The Kier molecular flexibility index (Phi) is 4.65. The van der Waals surface area contributed by atoms with Gasteiger partial charge in [-0.3, -0.25) is 4.79 Å². The van der Waals surface area contributed by atoms with E-state index in [4.69, 9.17) is 11.6 Å². The Hall–Kier alpha value is -1.02. The van der Waals surface area contributed by atoms with E-state index in [0.29, 0.717) is 5.56 Å². The zero-order valence-electron chi connectivity index (χ0n) is 10.9. The normalized spacial score (nSPS) is 14.4. The number of anilines is 1. The van der Waals surface area contributed by atoms with Gasteiger partial charge in [-0.2, -0.15) is 0 Å². The molecule has 2 nitrogen and oxygen atoms in total. The zero-order chi connectivity index (χ0) is 13.0. The molecule has 1 heterocycles. The lowest BCUT2D eigenvalue weighted by Gasteiger charge is -2.31. The van der Waals surface area contributed by atoms with Gasteiger partial charge in [0.1, 0.15) is 0 Å². The Morgan fingerprint density at radius 3 is 2.94 bits per heavy atom. The molecule has 0 radical (unpaired) electrons. The van der Waals surface area contributed by atoms with E-state index in [-0.39, 0.29) is 5.24 Å². The first-order valence-corrected chi connectivity index (χ1v) is 7.18. The molecule has 0 amide bonds. The quantitative estimate of drug-likeness (QED) is 0.592. The Morgan fingerprint density at radius 2 is 2.22 bits per heavy atom. The van der Waals surface area contributed by atoms with E-state index in [1.807, 2.05) is 12.1 Å². The minimum Gasteiger partial charge on any atom is -0.371 e. The standard InChI is InChI=1S/C15H20ClNO/c1-2-3-4-9-17-10-5-6-12-11-13(15(16)18)7-8-14(12)17/h7-8,11H,2-6,9-10H2,1H3. The molecule has 0 atom stereocenters. The second-order valence-corrected chi connectivity index (χ2v) is 5.26. The van der Waals surface area contributed by atoms with Gasteiger partial charge in [-0.1, -0.05) is 19.8 Å². The molecule has 98 valence electrons. The third-order valence-electron chi connectivity index (χ3n) is 3.55. The van der Waals surface area contributed by atoms with Crippen LogP contribution in [0.1, 0.15) is 48.5 Å². The average molecular weight is 266 g/mol. The largest absolute Gasteiger partial charge is 0.371 e. The SMILES string of the molecule is CCCCCN1CCCc2cc(C(=O)Cl)ccc21. The molecule has 0 aliphatic carbocycles. The van der Waals surface area contributed by atoms with Crippen molar-refractivity contribution in [3.8, 4) is 0 Å². The predicted molar refractivity (Wildman–Crippen MR) is 76.7 cm³/mol. The summed E-state index contributed by atoms with van der Waals surface area (Å²) < 4.78 is 0. The lowest BCUT2D eigenvalue weighted by molar-refractivity contribution is 0.108. The first-order chi connectivity index (χ1) is 8.72. The van der Waals surface area contributed by atoms with Crippen LogP contribution < -0.4 is 4.90 Å². The maximum atomic E-state index is 11.2. The van der Waals surface area contributed by atoms with Gasteiger partial charge in [-0.25, -0.2) is 0 Å². The molecule has 0 bridgehead atoms. The minimum atomic E-state index is -0.360. The minimum absolute atomic E-state index is 0.360. The van der Waals surface area contributed by atoms with E-state index in [1.54, 1.807) is 0 Å². The van der Waals surface area contributed by atoms with E-state index < -0.39 is 0 Å². The van der Waals surface area contributed by atoms with Crippen LogP contribution in [0.3, 0.4) is 0 Å². The van der Waals surface area contributed by atoms with Gasteiger partial charge in [0.05, 0.1) is 0 Å². The van der Waals surface area contributed by atoms with Crippen molar-refractivity contribution in [1.82, 2.24) is 0 Å². The molecular weight excluding hydrogens is 246 g/mol. The predicted octanol–water partition coefficient (Wildman–Crippen LogP) is 4.01. The second kappa shape index (κ2) is 6.24. The highest BCUT2D eigenvalue weighted by Crippen LogP contribution is 2.28. The molecule has 1 aromatic rings. The number of rotatable bonds is 5. The molecule has 0 saturated heterocycles. The van der Waals surface area contributed by atoms with Gasteiger partial charge in [0.2, 0.25) is 0 Å². The molecule has 1 aromatic carbocycles. The summed E-state index contributed by atoms with van der Waals surface area (Å²) in [5.41, 5.74) is 3.18. The average Bonchev–Trinajstić information content (AvgIpc) is 2.38. The van der Waals surface area contributed by atoms with Gasteiger partial charge >= 0.3 is 0 Å². The van der Waals surface area contributed by atoms with Crippen molar-refractivity contribution < 1.29 is 4.79 Å². The fraction of sp³-hybridized carbons (Fsp3) is 0.533. The summed E-state index contributed by atoms with van der Waals surface area (Å²) in [5, 5.41) is -0.360. The van der Waals surface area contributed by atoms with E-state index in [0.717, 1.165) is 19.5 Å². The van der Waals surface area contributed by atoms with Gasteiger partial charge < -0.3 is 4.90 Å². The smallest absolute Gasteiger partial charge is 0.252 e. The van der Waals surface area contributed by atoms with Crippen LogP contribution >= 0.6 is 11.6 Å². The van der Waals surface area contributed by atoms with E-state index in [1.165, 1.54) is 36.9 Å². The second-order valence-electron chi connectivity index (χ2n) is 4.91. The van der Waals surface area contributed by atoms with Crippen LogP contribution in [0.15, 0.2) is 18.2 Å². The van der Waals surface area contributed by atoms with Crippen LogP contribution in [0.25, 0.3) is 0 Å². The van der Waals surface area contributed by atoms with Crippen molar-refractivity contribution in [3.63, 3.8) is 0 Å². The maximum absolute atomic E-state index is 11.2. The molecule has 0 N–H and O–H groups in total. The van der Waals surface area contributed by atoms with E-state index in [9.17, 15) is 4.79 Å². The van der Waals surface area contributed by atoms with Crippen molar-refractivity contribution in [2.24, 2.45) is 0 Å². The number of hydrogen-bond donors (Lipinski definition) is 0. The summed E-state index contributed by atoms with van der Waals surface area (Å²) >= 11 is 5.53. The number of carbonyl (C=O) groups excluding carboxylic acids is 1. The Morgan fingerprint density at radius 1 is 1.39 bits per heavy atom. The first kappa shape index (κ1) is 13.4. The van der Waals surface area contributed by atoms with Gasteiger partial charge in [0, 0.05) is 24.3 Å². The summed E-state index contributed by atoms with van der Waals surface area (Å²) in [6.45, 7) is 4.47. The molecule has 3 heteroatoms. The highest BCUT2D eigenvalue weighted by Gasteiger charge is 2.17. The van der Waals surface area contributed by atoms with Crippen molar-refractivity contribution in [2.45, 2.75) is 39.0 Å². The number of carbonyl (C=O) groups is 1. The number of benzene rings is 1. The highest BCUT2D eigenvalue weighted by molar-refractivity contribution is 6.67. The zero-order valence-corrected chi connectivity index (χ0v) is 11.7. The molecule has 18 heavy (non-hydrogen) atoms. The first-order valence-electron chi connectivity index (χ1n) is 6.80. The number of nitrogens with zero attached hydrogens (tertiary/aromatic N) is 1. The van der Waals surface area contributed by atoms with E-state index >= 15 is 0 Å². The van der Waals surface area contributed by atoms with Crippen LogP contribution in [-0.4, -0.2) is 18.3 Å². The summed E-state index contributed by atoms with van der Waals surface area (Å²) in [6, 6.07) is 5.85.